The van der Waals surface area contributed by atoms with Gasteiger partial charge in [0.2, 0.25) is 0 Å². The molecule has 0 bridgehead atoms. The Balaban J connectivity index is 2.02. The van der Waals surface area contributed by atoms with E-state index in [2.05, 4.69) is 14.7 Å². The zero-order chi connectivity index (χ0) is 15.1. The smallest absolute Gasteiger partial charge is 0.307 e. The van der Waals surface area contributed by atoms with Crippen molar-refractivity contribution in [2.75, 3.05) is 26.8 Å². The molecule has 1 aromatic rings. The maximum absolute atomic E-state index is 12.4. The van der Waals surface area contributed by atoms with Crippen molar-refractivity contribution in [3.8, 4) is 0 Å². The third-order valence-corrected chi connectivity index (χ3v) is 3.33. The molecule has 2 rings (SSSR count). The standard InChI is InChI=1S/C14H19N3O4/c1-20-13(18)4-7-17(10-11-3-2-8-21-11)14(19)12-9-15-5-6-16-12/h5-6,9,11H,2-4,7-8,10H2,1H3. The van der Waals surface area contributed by atoms with Gasteiger partial charge in [0.1, 0.15) is 5.69 Å². The van der Waals surface area contributed by atoms with Crippen LogP contribution in [0.25, 0.3) is 0 Å². The summed E-state index contributed by atoms with van der Waals surface area (Å²) in [6.45, 7) is 1.45. The van der Waals surface area contributed by atoms with Crippen LogP contribution in [0.1, 0.15) is 29.8 Å². The summed E-state index contributed by atoms with van der Waals surface area (Å²) in [7, 11) is 1.33. The van der Waals surface area contributed by atoms with Crippen molar-refractivity contribution in [1.29, 1.82) is 0 Å². The number of nitrogens with zero attached hydrogens (tertiary/aromatic N) is 3. The van der Waals surface area contributed by atoms with Crippen LogP contribution < -0.4 is 0 Å². The average Bonchev–Trinajstić information content (AvgIpc) is 3.04. The van der Waals surface area contributed by atoms with Gasteiger partial charge in [-0.1, -0.05) is 0 Å². The predicted octanol–water partition coefficient (Wildman–Crippen LogP) is 0.661. The van der Waals surface area contributed by atoms with Gasteiger partial charge in [0, 0.05) is 32.1 Å². The van der Waals surface area contributed by atoms with Gasteiger partial charge in [-0.3, -0.25) is 14.6 Å². The number of amides is 1. The minimum atomic E-state index is -0.348. The number of rotatable bonds is 6. The lowest BCUT2D eigenvalue weighted by Gasteiger charge is -2.24. The van der Waals surface area contributed by atoms with Gasteiger partial charge < -0.3 is 14.4 Å². The molecule has 7 nitrogen and oxygen atoms in total. The van der Waals surface area contributed by atoms with E-state index < -0.39 is 0 Å². The summed E-state index contributed by atoms with van der Waals surface area (Å²) in [5.41, 5.74) is 0.264. The zero-order valence-electron chi connectivity index (χ0n) is 12.0. The van der Waals surface area contributed by atoms with E-state index in [-0.39, 0.29) is 36.6 Å². The Morgan fingerprint density at radius 3 is 2.95 bits per heavy atom. The first-order valence-electron chi connectivity index (χ1n) is 6.94. The van der Waals surface area contributed by atoms with Crippen LogP contribution in [0, 0.1) is 0 Å². The molecule has 1 saturated heterocycles. The number of ether oxygens (including phenoxy) is 2. The van der Waals surface area contributed by atoms with Crippen LogP contribution in [0.3, 0.4) is 0 Å². The number of aromatic nitrogens is 2. The molecule has 0 aromatic carbocycles. The van der Waals surface area contributed by atoms with Crippen LogP contribution in [-0.4, -0.2) is 59.7 Å². The van der Waals surface area contributed by atoms with Crippen LogP contribution in [0.2, 0.25) is 0 Å². The van der Waals surface area contributed by atoms with E-state index in [1.165, 1.54) is 25.7 Å². The molecule has 0 aliphatic carbocycles. The summed E-state index contributed by atoms with van der Waals surface area (Å²) < 4.78 is 10.2. The molecular weight excluding hydrogens is 274 g/mol. The molecule has 1 amide bonds. The molecule has 1 fully saturated rings. The maximum atomic E-state index is 12.4. The highest BCUT2D eigenvalue weighted by atomic mass is 16.5. The topological polar surface area (TPSA) is 81.6 Å². The molecule has 0 N–H and O–H groups in total. The minimum absolute atomic E-state index is 0.0169. The fraction of sp³-hybridized carbons (Fsp3) is 0.571. The van der Waals surface area contributed by atoms with Gasteiger partial charge in [0.25, 0.3) is 5.91 Å². The quantitative estimate of drug-likeness (QED) is 0.717. The Morgan fingerprint density at radius 1 is 1.48 bits per heavy atom. The van der Waals surface area contributed by atoms with Gasteiger partial charge in [0.15, 0.2) is 0 Å². The SMILES string of the molecule is COC(=O)CCN(CC1CCCO1)C(=O)c1cnccn1. The minimum Gasteiger partial charge on any atom is -0.469 e. The van der Waals surface area contributed by atoms with Crippen molar-refractivity contribution in [3.05, 3.63) is 24.3 Å². The molecule has 1 unspecified atom stereocenters. The summed E-state index contributed by atoms with van der Waals surface area (Å²) in [5.74, 6) is -0.596. The van der Waals surface area contributed by atoms with Crippen molar-refractivity contribution < 1.29 is 19.1 Å². The second kappa shape index (κ2) is 7.68. The van der Waals surface area contributed by atoms with Gasteiger partial charge in [-0.05, 0) is 12.8 Å². The molecule has 7 heteroatoms. The Kier molecular flexibility index (Phi) is 5.62. The van der Waals surface area contributed by atoms with Crippen molar-refractivity contribution in [2.24, 2.45) is 0 Å². The van der Waals surface area contributed by atoms with Crippen LogP contribution in [0.5, 0.6) is 0 Å². The second-order valence-corrected chi connectivity index (χ2v) is 4.80. The lowest BCUT2D eigenvalue weighted by molar-refractivity contribution is -0.140. The normalized spacial score (nSPS) is 17.5. The summed E-state index contributed by atoms with van der Waals surface area (Å²) in [6, 6.07) is 0. The summed E-state index contributed by atoms with van der Waals surface area (Å²) in [5, 5.41) is 0. The molecule has 1 aliphatic heterocycles. The number of methoxy groups -OCH3 is 1. The Labute approximate surface area is 123 Å². The summed E-state index contributed by atoms with van der Waals surface area (Å²) in [6.07, 6.45) is 6.48. The Hall–Kier alpha value is -2.02. The first kappa shape index (κ1) is 15.4. The first-order valence-corrected chi connectivity index (χ1v) is 6.94. The Bertz CT molecular complexity index is 474. The van der Waals surface area contributed by atoms with Gasteiger partial charge in [-0.2, -0.15) is 0 Å². The monoisotopic (exact) mass is 293 g/mol. The van der Waals surface area contributed by atoms with Crippen molar-refractivity contribution in [1.82, 2.24) is 14.9 Å². The second-order valence-electron chi connectivity index (χ2n) is 4.80. The molecule has 0 spiro atoms. The molecule has 1 aromatic heterocycles. The van der Waals surface area contributed by atoms with Crippen LogP contribution in [-0.2, 0) is 14.3 Å². The molecule has 1 atom stereocenters. The van der Waals surface area contributed by atoms with E-state index in [0.717, 1.165) is 19.4 Å². The molecular formula is C14H19N3O4. The molecule has 2 heterocycles. The van der Waals surface area contributed by atoms with Crippen molar-refractivity contribution in [3.63, 3.8) is 0 Å². The van der Waals surface area contributed by atoms with Crippen molar-refractivity contribution in [2.45, 2.75) is 25.4 Å². The number of hydrogen-bond donors (Lipinski definition) is 0. The van der Waals surface area contributed by atoms with Gasteiger partial charge >= 0.3 is 5.97 Å². The zero-order valence-corrected chi connectivity index (χ0v) is 12.0. The maximum Gasteiger partial charge on any atom is 0.307 e. The van der Waals surface area contributed by atoms with Gasteiger partial charge in [0.05, 0.1) is 25.8 Å². The van der Waals surface area contributed by atoms with E-state index >= 15 is 0 Å². The van der Waals surface area contributed by atoms with Gasteiger partial charge in [-0.15, -0.1) is 0 Å². The predicted molar refractivity (Wildman–Crippen MR) is 73.5 cm³/mol. The number of carbonyl (C=O) groups excluding carboxylic acids is 2. The Morgan fingerprint density at radius 2 is 2.33 bits per heavy atom. The molecule has 21 heavy (non-hydrogen) atoms. The fourth-order valence-corrected chi connectivity index (χ4v) is 2.21. The highest BCUT2D eigenvalue weighted by Crippen LogP contribution is 2.15. The van der Waals surface area contributed by atoms with Crippen LogP contribution >= 0.6 is 0 Å². The van der Waals surface area contributed by atoms with E-state index in [4.69, 9.17) is 4.74 Å². The van der Waals surface area contributed by atoms with Gasteiger partial charge in [-0.25, -0.2) is 4.98 Å². The highest BCUT2D eigenvalue weighted by Gasteiger charge is 2.24. The number of hydrogen-bond acceptors (Lipinski definition) is 6. The van der Waals surface area contributed by atoms with E-state index in [1.807, 2.05) is 0 Å². The number of esters is 1. The molecule has 0 saturated carbocycles. The lowest BCUT2D eigenvalue weighted by Crippen LogP contribution is -2.39. The largest absolute Gasteiger partial charge is 0.469 e. The fourth-order valence-electron chi connectivity index (χ4n) is 2.21. The van der Waals surface area contributed by atoms with E-state index in [9.17, 15) is 9.59 Å². The van der Waals surface area contributed by atoms with Crippen LogP contribution in [0.15, 0.2) is 18.6 Å². The third-order valence-electron chi connectivity index (χ3n) is 3.33. The van der Waals surface area contributed by atoms with Crippen LogP contribution in [0.4, 0.5) is 0 Å². The number of carbonyl (C=O) groups is 2. The lowest BCUT2D eigenvalue weighted by atomic mass is 10.2. The third kappa shape index (κ3) is 4.49. The first-order chi connectivity index (χ1) is 10.2. The summed E-state index contributed by atoms with van der Waals surface area (Å²) in [4.78, 5) is 33.2. The average molecular weight is 293 g/mol. The molecule has 114 valence electrons. The molecule has 1 aliphatic rings. The molecule has 0 radical (unpaired) electrons. The van der Waals surface area contributed by atoms with Crippen molar-refractivity contribution >= 4 is 11.9 Å². The summed E-state index contributed by atoms with van der Waals surface area (Å²) >= 11 is 0. The van der Waals surface area contributed by atoms with E-state index in [1.54, 1.807) is 4.90 Å². The van der Waals surface area contributed by atoms with E-state index in [0.29, 0.717) is 6.54 Å². The highest BCUT2D eigenvalue weighted by molar-refractivity contribution is 5.92.